The first-order chi connectivity index (χ1) is 11.4. The van der Waals surface area contributed by atoms with Crippen LogP contribution in [0.5, 0.6) is 0 Å². The fraction of sp³-hybridized carbons (Fsp3) is 0.333. The van der Waals surface area contributed by atoms with Gasteiger partial charge in [0.05, 0.1) is 11.1 Å². The summed E-state index contributed by atoms with van der Waals surface area (Å²) in [4.78, 5) is 0. The van der Waals surface area contributed by atoms with E-state index in [1.54, 1.807) is 7.05 Å². The van der Waals surface area contributed by atoms with Crippen LogP contribution in [0.2, 0.25) is 0 Å². The van der Waals surface area contributed by atoms with Crippen molar-refractivity contribution in [2.75, 3.05) is 7.05 Å². The normalized spacial score (nSPS) is 12.5. The van der Waals surface area contributed by atoms with E-state index >= 15 is 0 Å². The van der Waals surface area contributed by atoms with Gasteiger partial charge in [0, 0.05) is 6.54 Å². The predicted octanol–water partition coefficient (Wildman–Crippen LogP) is 5.73. The number of benzene rings is 2. The molecule has 0 unspecified atom stereocenters. The Hall–Kier alpha value is -2.02. The Kier molecular flexibility index (Phi) is 5.18. The zero-order valence-corrected chi connectivity index (χ0v) is 13.9. The Bertz CT molecular complexity index is 774. The number of nitrogens with one attached hydrogen (secondary N) is 1. The van der Waals surface area contributed by atoms with Crippen molar-refractivity contribution >= 4 is 0 Å². The molecule has 0 saturated heterocycles. The second-order valence-electron chi connectivity index (χ2n) is 5.88. The summed E-state index contributed by atoms with van der Waals surface area (Å²) >= 11 is 0. The number of hydrogen-bond donors (Lipinski definition) is 1. The molecule has 0 fully saturated rings. The van der Waals surface area contributed by atoms with Crippen LogP contribution in [0.15, 0.2) is 30.3 Å². The molecule has 0 bridgehead atoms. The van der Waals surface area contributed by atoms with Crippen LogP contribution in [0.1, 0.15) is 27.8 Å². The second kappa shape index (κ2) is 6.71. The minimum absolute atomic E-state index is 0.0228. The maximum absolute atomic E-state index is 13.2. The van der Waals surface area contributed by atoms with E-state index in [0.717, 1.165) is 12.1 Å². The first kappa shape index (κ1) is 19.3. The average molecular weight is 361 g/mol. The quantitative estimate of drug-likeness (QED) is 0.689. The average Bonchev–Trinajstić information content (AvgIpc) is 2.46. The topological polar surface area (TPSA) is 12.0 Å². The van der Waals surface area contributed by atoms with Gasteiger partial charge in [0.2, 0.25) is 0 Å². The molecule has 0 saturated carbocycles. The summed E-state index contributed by atoms with van der Waals surface area (Å²) in [6, 6.07) is 5.87. The van der Waals surface area contributed by atoms with Crippen LogP contribution in [0.4, 0.5) is 26.3 Å². The van der Waals surface area contributed by atoms with Gasteiger partial charge in [-0.3, -0.25) is 0 Å². The maximum atomic E-state index is 13.2. The Morgan fingerprint density at radius 2 is 1.36 bits per heavy atom. The number of hydrogen-bond acceptors (Lipinski definition) is 1. The molecule has 0 heterocycles. The molecular weight excluding hydrogens is 344 g/mol. The molecule has 136 valence electrons. The summed E-state index contributed by atoms with van der Waals surface area (Å²) in [5.74, 6) is 0. The molecule has 0 aromatic heterocycles. The van der Waals surface area contributed by atoms with Crippen LogP contribution in [-0.2, 0) is 18.9 Å². The third-order valence-electron chi connectivity index (χ3n) is 3.98. The van der Waals surface area contributed by atoms with E-state index in [1.165, 1.54) is 32.0 Å². The van der Waals surface area contributed by atoms with E-state index in [1.807, 2.05) is 0 Å². The van der Waals surface area contributed by atoms with Crippen LogP contribution in [0, 0.1) is 13.8 Å². The Labute approximate surface area is 141 Å². The molecule has 2 rings (SSSR count). The standard InChI is InChI=1S/C18H17F6N/c1-10-4-5-12(7-15(10)17(19,20)21)14-8-16(18(22,23)24)11(2)6-13(14)9-25-3/h4-8,25H,9H2,1-3H3. The molecule has 0 aliphatic rings. The highest BCUT2D eigenvalue weighted by Crippen LogP contribution is 2.39. The minimum Gasteiger partial charge on any atom is -0.316 e. The van der Waals surface area contributed by atoms with Crippen LogP contribution >= 0.6 is 0 Å². The van der Waals surface area contributed by atoms with E-state index in [9.17, 15) is 26.3 Å². The van der Waals surface area contributed by atoms with Gasteiger partial charge in [-0.2, -0.15) is 26.3 Å². The summed E-state index contributed by atoms with van der Waals surface area (Å²) in [6.07, 6.45) is -9.14. The highest BCUT2D eigenvalue weighted by atomic mass is 19.4. The zero-order valence-electron chi connectivity index (χ0n) is 13.9. The van der Waals surface area contributed by atoms with Gasteiger partial charge in [-0.1, -0.05) is 18.2 Å². The lowest BCUT2D eigenvalue weighted by atomic mass is 9.92. The predicted molar refractivity (Wildman–Crippen MR) is 84.1 cm³/mol. The van der Waals surface area contributed by atoms with E-state index in [-0.39, 0.29) is 28.8 Å². The molecule has 25 heavy (non-hydrogen) atoms. The number of alkyl halides is 6. The third kappa shape index (κ3) is 4.15. The Balaban J connectivity index is 2.73. The molecule has 0 amide bonds. The van der Waals surface area contributed by atoms with Gasteiger partial charge in [0.25, 0.3) is 0 Å². The Morgan fingerprint density at radius 1 is 0.800 bits per heavy atom. The number of aryl methyl sites for hydroxylation is 2. The summed E-state index contributed by atoms with van der Waals surface area (Å²) in [7, 11) is 1.62. The summed E-state index contributed by atoms with van der Waals surface area (Å²) in [5.41, 5.74) is -0.901. The Morgan fingerprint density at radius 3 is 1.88 bits per heavy atom. The molecule has 2 aromatic carbocycles. The van der Waals surface area contributed by atoms with E-state index in [2.05, 4.69) is 5.32 Å². The first-order valence-corrected chi connectivity index (χ1v) is 7.48. The maximum Gasteiger partial charge on any atom is 0.416 e. The van der Waals surface area contributed by atoms with E-state index < -0.39 is 23.5 Å². The molecule has 0 aliphatic heterocycles. The largest absolute Gasteiger partial charge is 0.416 e. The van der Waals surface area contributed by atoms with Crippen molar-refractivity contribution in [1.29, 1.82) is 0 Å². The van der Waals surface area contributed by atoms with Crippen molar-refractivity contribution in [1.82, 2.24) is 5.32 Å². The summed E-state index contributed by atoms with van der Waals surface area (Å²) in [6.45, 7) is 2.89. The van der Waals surface area contributed by atoms with Crippen molar-refractivity contribution < 1.29 is 26.3 Å². The summed E-state index contributed by atoms with van der Waals surface area (Å²) < 4.78 is 79.0. The van der Waals surface area contributed by atoms with Crippen LogP contribution < -0.4 is 5.32 Å². The monoisotopic (exact) mass is 361 g/mol. The number of halogens is 6. The fourth-order valence-corrected chi connectivity index (χ4v) is 2.77. The number of rotatable bonds is 3. The van der Waals surface area contributed by atoms with Crippen LogP contribution in [0.3, 0.4) is 0 Å². The highest BCUT2D eigenvalue weighted by Gasteiger charge is 2.35. The minimum atomic E-state index is -4.57. The molecule has 7 heteroatoms. The zero-order chi connectivity index (χ0) is 19.0. The fourth-order valence-electron chi connectivity index (χ4n) is 2.77. The van der Waals surface area contributed by atoms with Gasteiger partial charge in [0.15, 0.2) is 0 Å². The van der Waals surface area contributed by atoms with Gasteiger partial charge >= 0.3 is 12.4 Å². The summed E-state index contributed by atoms with van der Waals surface area (Å²) in [5, 5.41) is 2.83. The van der Waals surface area contributed by atoms with Crippen molar-refractivity contribution in [3.63, 3.8) is 0 Å². The van der Waals surface area contributed by atoms with E-state index in [4.69, 9.17) is 0 Å². The molecule has 0 radical (unpaired) electrons. The lowest BCUT2D eigenvalue weighted by Gasteiger charge is -2.18. The smallest absolute Gasteiger partial charge is 0.316 e. The van der Waals surface area contributed by atoms with Crippen molar-refractivity contribution in [3.8, 4) is 11.1 Å². The molecule has 1 N–H and O–H groups in total. The third-order valence-corrected chi connectivity index (χ3v) is 3.98. The SMILES string of the molecule is CNCc1cc(C)c(C(F)(F)F)cc1-c1ccc(C)c(C(F)(F)F)c1. The van der Waals surface area contributed by atoms with Gasteiger partial charge in [0.1, 0.15) is 0 Å². The van der Waals surface area contributed by atoms with Gasteiger partial charge in [-0.15, -0.1) is 0 Å². The first-order valence-electron chi connectivity index (χ1n) is 7.48. The van der Waals surface area contributed by atoms with E-state index in [0.29, 0.717) is 5.56 Å². The molecule has 0 atom stereocenters. The van der Waals surface area contributed by atoms with Gasteiger partial charge in [-0.25, -0.2) is 0 Å². The van der Waals surface area contributed by atoms with Crippen molar-refractivity contribution in [2.45, 2.75) is 32.7 Å². The lowest BCUT2D eigenvalue weighted by molar-refractivity contribution is -0.139. The van der Waals surface area contributed by atoms with Gasteiger partial charge in [-0.05, 0) is 60.8 Å². The van der Waals surface area contributed by atoms with Gasteiger partial charge < -0.3 is 5.32 Å². The van der Waals surface area contributed by atoms with Crippen LogP contribution in [-0.4, -0.2) is 7.05 Å². The molecule has 2 aromatic rings. The molecular formula is C18H17F6N. The lowest BCUT2D eigenvalue weighted by Crippen LogP contribution is -2.12. The second-order valence-corrected chi connectivity index (χ2v) is 5.88. The van der Waals surface area contributed by atoms with Crippen LogP contribution in [0.25, 0.3) is 11.1 Å². The molecule has 0 spiro atoms. The van der Waals surface area contributed by atoms with Crippen molar-refractivity contribution in [2.24, 2.45) is 0 Å². The molecule has 1 nitrogen and oxygen atoms in total. The molecule has 0 aliphatic carbocycles. The highest BCUT2D eigenvalue weighted by molar-refractivity contribution is 5.70. The van der Waals surface area contributed by atoms with Crippen molar-refractivity contribution in [3.05, 3.63) is 58.1 Å².